The average Bonchev–Trinajstić information content (AvgIpc) is 2.54. The van der Waals surface area contributed by atoms with Gasteiger partial charge in [-0.1, -0.05) is 12.1 Å². The van der Waals surface area contributed by atoms with Gasteiger partial charge >= 0.3 is 0 Å². The van der Waals surface area contributed by atoms with Gasteiger partial charge in [-0.3, -0.25) is 19.7 Å². The summed E-state index contributed by atoms with van der Waals surface area (Å²) in [4.78, 5) is 35.4. The van der Waals surface area contributed by atoms with Crippen LogP contribution in [0.25, 0.3) is 0 Å². The molecule has 0 N–H and O–H groups in total. The molecule has 0 fully saturated rings. The van der Waals surface area contributed by atoms with Crippen LogP contribution in [0.15, 0.2) is 48.5 Å². The molecule has 0 saturated carbocycles. The van der Waals surface area contributed by atoms with Crippen LogP contribution in [0, 0.1) is 16.0 Å². The van der Waals surface area contributed by atoms with Crippen LogP contribution >= 0.6 is 0 Å². The number of fused-ring (bicyclic) bond motifs is 1. The highest BCUT2D eigenvalue weighted by Crippen LogP contribution is 2.32. The molecule has 2 aromatic carbocycles. The van der Waals surface area contributed by atoms with Gasteiger partial charge < -0.3 is 4.74 Å². The third kappa shape index (κ3) is 2.59. The molecule has 0 radical (unpaired) electrons. The van der Waals surface area contributed by atoms with Crippen molar-refractivity contribution in [1.29, 1.82) is 0 Å². The van der Waals surface area contributed by atoms with E-state index in [0.717, 1.165) is 0 Å². The predicted molar refractivity (Wildman–Crippen MR) is 81.8 cm³/mol. The van der Waals surface area contributed by atoms with Crippen LogP contribution in [0.5, 0.6) is 5.75 Å². The van der Waals surface area contributed by atoms with Crippen molar-refractivity contribution in [2.45, 2.75) is 13.0 Å². The number of carbonyl (C=O) groups is 2. The second-order valence-electron chi connectivity index (χ2n) is 5.33. The lowest BCUT2D eigenvalue weighted by Gasteiger charge is -2.29. The number of ether oxygens (including phenoxy) is 1. The van der Waals surface area contributed by atoms with Gasteiger partial charge in [-0.25, -0.2) is 0 Å². The number of nitrogens with zero attached hydrogens (tertiary/aromatic N) is 1. The molecule has 0 unspecified atom stereocenters. The van der Waals surface area contributed by atoms with Crippen molar-refractivity contribution in [1.82, 2.24) is 0 Å². The molecule has 1 heterocycles. The number of rotatable bonds is 3. The SMILES string of the molecule is C[C@H]1Oc2ccccc2C(=O)[C@@H]1C(=O)c1ccc([N+](=O)[O-])cc1. The number of benzene rings is 2. The Balaban J connectivity index is 1.93. The summed E-state index contributed by atoms with van der Waals surface area (Å²) >= 11 is 0. The van der Waals surface area contributed by atoms with Crippen LogP contribution in [-0.2, 0) is 0 Å². The Morgan fingerprint density at radius 2 is 1.78 bits per heavy atom. The number of para-hydroxylation sites is 1. The van der Waals surface area contributed by atoms with Gasteiger partial charge in [0.2, 0.25) is 0 Å². The Bertz CT molecular complexity index is 797. The van der Waals surface area contributed by atoms with Crippen LogP contribution in [0.2, 0.25) is 0 Å². The Labute approximate surface area is 131 Å². The van der Waals surface area contributed by atoms with E-state index in [1.807, 2.05) is 0 Å². The van der Waals surface area contributed by atoms with Crippen molar-refractivity contribution in [3.05, 3.63) is 69.8 Å². The minimum absolute atomic E-state index is 0.105. The summed E-state index contributed by atoms with van der Waals surface area (Å²) in [5.74, 6) is -1.17. The lowest BCUT2D eigenvalue weighted by molar-refractivity contribution is -0.384. The van der Waals surface area contributed by atoms with Crippen molar-refractivity contribution in [2.75, 3.05) is 0 Å². The van der Waals surface area contributed by atoms with E-state index in [4.69, 9.17) is 4.74 Å². The van der Waals surface area contributed by atoms with E-state index in [-0.39, 0.29) is 17.0 Å². The number of hydrogen-bond acceptors (Lipinski definition) is 5. The number of nitro benzene ring substituents is 1. The molecule has 6 heteroatoms. The molecule has 6 nitrogen and oxygen atoms in total. The molecule has 116 valence electrons. The normalized spacial score (nSPS) is 19.6. The van der Waals surface area contributed by atoms with Gasteiger partial charge in [0.1, 0.15) is 17.8 Å². The zero-order valence-electron chi connectivity index (χ0n) is 12.3. The lowest BCUT2D eigenvalue weighted by Crippen LogP contribution is -2.40. The van der Waals surface area contributed by atoms with Crippen LogP contribution in [0.1, 0.15) is 27.6 Å². The zero-order chi connectivity index (χ0) is 16.6. The summed E-state index contributed by atoms with van der Waals surface area (Å²) in [6.45, 7) is 1.67. The quantitative estimate of drug-likeness (QED) is 0.376. The molecule has 1 aliphatic heterocycles. The molecule has 0 aliphatic carbocycles. The molecule has 0 amide bonds. The Hall–Kier alpha value is -3.02. The van der Waals surface area contributed by atoms with E-state index in [0.29, 0.717) is 11.3 Å². The second kappa shape index (κ2) is 5.64. The maximum Gasteiger partial charge on any atom is 0.269 e. The van der Waals surface area contributed by atoms with Crippen LogP contribution < -0.4 is 4.74 Å². The van der Waals surface area contributed by atoms with Gasteiger partial charge in [0.15, 0.2) is 11.6 Å². The summed E-state index contributed by atoms with van der Waals surface area (Å²) in [6, 6.07) is 12.0. The van der Waals surface area contributed by atoms with Crippen molar-refractivity contribution in [3.63, 3.8) is 0 Å². The molecule has 0 aromatic heterocycles. The molecule has 23 heavy (non-hydrogen) atoms. The van der Waals surface area contributed by atoms with Crippen LogP contribution in [0.3, 0.4) is 0 Å². The fraction of sp³-hybridized carbons (Fsp3) is 0.176. The highest BCUT2D eigenvalue weighted by Gasteiger charge is 2.39. The van der Waals surface area contributed by atoms with E-state index < -0.39 is 22.7 Å². The molecular formula is C17H13NO5. The third-order valence-corrected chi connectivity index (χ3v) is 3.86. The van der Waals surface area contributed by atoms with Crippen LogP contribution in [0.4, 0.5) is 5.69 Å². The first-order chi connectivity index (χ1) is 11.0. The highest BCUT2D eigenvalue weighted by molar-refractivity contribution is 6.18. The summed E-state index contributed by atoms with van der Waals surface area (Å²) < 4.78 is 5.67. The molecule has 0 saturated heterocycles. The van der Waals surface area contributed by atoms with E-state index in [9.17, 15) is 19.7 Å². The van der Waals surface area contributed by atoms with E-state index in [1.165, 1.54) is 24.3 Å². The molecule has 0 bridgehead atoms. The van der Waals surface area contributed by atoms with Gasteiger partial charge in [-0.15, -0.1) is 0 Å². The first kappa shape index (κ1) is 14.9. The topological polar surface area (TPSA) is 86.5 Å². The minimum Gasteiger partial charge on any atom is -0.489 e. The van der Waals surface area contributed by atoms with Gasteiger partial charge in [-0.05, 0) is 31.2 Å². The smallest absolute Gasteiger partial charge is 0.269 e. The van der Waals surface area contributed by atoms with E-state index in [2.05, 4.69) is 0 Å². The maximum absolute atomic E-state index is 12.6. The van der Waals surface area contributed by atoms with E-state index in [1.54, 1.807) is 31.2 Å². The predicted octanol–water partition coefficient (Wildman–Crippen LogP) is 3.06. The van der Waals surface area contributed by atoms with Crippen molar-refractivity contribution in [2.24, 2.45) is 5.92 Å². The Morgan fingerprint density at radius 3 is 2.43 bits per heavy atom. The molecule has 2 atom stereocenters. The molecule has 1 aliphatic rings. The van der Waals surface area contributed by atoms with Crippen molar-refractivity contribution < 1.29 is 19.2 Å². The average molecular weight is 311 g/mol. The Morgan fingerprint density at radius 1 is 1.13 bits per heavy atom. The summed E-state index contributed by atoms with van der Waals surface area (Å²) in [5, 5.41) is 10.7. The minimum atomic E-state index is -0.952. The van der Waals surface area contributed by atoms with Crippen molar-refractivity contribution >= 4 is 17.3 Å². The Kier molecular flexibility index (Phi) is 3.65. The fourth-order valence-corrected chi connectivity index (χ4v) is 2.68. The fourth-order valence-electron chi connectivity index (χ4n) is 2.68. The molecule has 2 aromatic rings. The standard InChI is InChI=1S/C17H13NO5/c1-10-15(17(20)13-4-2-3-5-14(13)23-10)16(19)11-6-8-12(9-7-11)18(21)22/h2-10,15H,1H3/t10-,15+/m1/s1. The summed E-state index contributed by atoms with van der Waals surface area (Å²) in [6.07, 6.45) is -0.597. The largest absolute Gasteiger partial charge is 0.489 e. The number of nitro groups is 1. The number of non-ortho nitro benzene ring substituents is 1. The second-order valence-corrected chi connectivity index (χ2v) is 5.33. The van der Waals surface area contributed by atoms with Crippen molar-refractivity contribution in [3.8, 4) is 5.75 Å². The van der Waals surface area contributed by atoms with Gasteiger partial charge in [0.05, 0.1) is 10.5 Å². The molecular weight excluding hydrogens is 298 g/mol. The zero-order valence-corrected chi connectivity index (χ0v) is 12.3. The van der Waals surface area contributed by atoms with Crippen LogP contribution in [-0.4, -0.2) is 22.6 Å². The number of hydrogen-bond donors (Lipinski definition) is 0. The highest BCUT2D eigenvalue weighted by atomic mass is 16.6. The first-order valence-corrected chi connectivity index (χ1v) is 7.07. The van der Waals surface area contributed by atoms with Gasteiger partial charge in [-0.2, -0.15) is 0 Å². The van der Waals surface area contributed by atoms with E-state index >= 15 is 0 Å². The third-order valence-electron chi connectivity index (χ3n) is 3.86. The lowest BCUT2D eigenvalue weighted by atomic mass is 9.84. The number of carbonyl (C=O) groups excluding carboxylic acids is 2. The first-order valence-electron chi connectivity index (χ1n) is 7.07. The summed E-state index contributed by atoms with van der Waals surface area (Å²) in [7, 11) is 0. The monoisotopic (exact) mass is 311 g/mol. The number of ketones is 2. The van der Waals surface area contributed by atoms with Gasteiger partial charge in [0.25, 0.3) is 5.69 Å². The van der Waals surface area contributed by atoms with Gasteiger partial charge in [0, 0.05) is 17.7 Å². The maximum atomic E-state index is 12.6. The number of Topliss-reactive ketones (excluding diaryl/α,β-unsaturated/α-hetero) is 2. The summed E-state index contributed by atoms with van der Waals surface area (Å²) in [5.41, 5.74) is 0.529. The molecule has 3 rings (SSSR count). The molecule has 0 spiro atoms.